The molecule has 0 amide bonds. The second-order valence-electron chi connectivity index (χ2n) is 5.06. The molecule has 118 valence electrons. The fraction of sp³-hybridized carbons (Fsp3) is 0.188. The van der Waals surface area contributed by atoms with Gasteiger partial charge in [-0.3, -0.25) is 4.98 Å². The Kier molecular flexibility index (Phi) is 4.59. The molecule has 0 bridgehead atoms. The molecule has 3 aromatic rings. The van der Waals surface area contributed by atoms with E-state index < -0.39 is 6.10 Å². The van der Waals surface area contributed by atoms with Crippen LogP contribution in [0.1, 0.15) is 18.6 Å². The van der Waals surface area contributed by atoms with Crippen molar-refractivity contribution in [2.24, 2.45) is 0 Å². The molecular weight excluding hydrogens is 315 g/mol. The van der Waals surface area contributed by atoms with Gasteiger partial charge in [0.2, 0.25) is 5.13 Å². The van der Waals surface area contributed by atoms with E-state index in [1.165, 1.54) is 23.5 Å². The standard InChI is InChI=1S/C16H15FN4OS/c1-10(14(22)11-5-7-12(17)8-6-11)19-16-21-20-15(23-16)13-4-2-3-9-18-13/h2-10,14,22H,1H3,(H,19,21)/t10-,14-/m1/s1. The predicted octanol–water partition coefficient (Wildman–Crippen LogP) is 3.27. The number of halogens is 1. The molecule has 1 aromatic carbocycles. The second kappa shape index (κ2) is 6.80. The van der Waals surface area contributed by atoms with Crippen LogP contribution in [0.4, 0.5) is 9.52 Å². The molecule has 0 unspecified atom stereocenters. The lowest BCUT2D eigenvalue weighted by atomic mass is 10.0. The van der Waals surface area contributed by atoms with Gasteiger partial charge in [-0.2, -0.15) is 0 Å². The summed E-state index contributed by atoms with van der Waals surface area (Å²) < 4.78 is 12.9. The van der Waals surface area contributed by atoms with Crippen molar-refractivity contribution < 1.29 is 9.50 Å². The lowest BCUT2D eigenvalue weighted by Gasteiger charge is -2.19. The molecule has 2 atom stereocenters. The van der Waals surface area contributed by atoms with Crippen LogP contribution in [-0.2, 0) is 0 Å². The van der Waals surface area contributed by atoms with Crippen LogP contribution in [0.2, 0.25) is 0 Å². The van der Waals surface area contributed by atoms with Gasteiger partial charge in [0.15, 0.2) is 5.01 Å². The van der Waals surface area contributed by atoms with Gasteiger partial charge in [0, 0.05) is 6.20 Å². The number of hydrogen-bond donors (Lipinski definition) is 2. The van der Waals surface area contributed by atoms with Crippen LogP contribution in [0, 0.1) is 5.82 Å². The van der Waals surface area contributed by atoms with Gasteiger partial charge < -0.3 is 10.4 Å². The summed E-state index contributed by atoms with van der Waals surface area (Å²) in [6.07, 6.45) is 0.919. The second-order valence-corrected chi connectivity index (χ2v) is 6.03. The molecule has 0 aliphatic rings. The first kappa shape index (κ1) is 15.5. The zero-order chi connectivity index (χ0) is 16.2. The summed E-state index contributed by atoms with van der Waals surface area (Å²) in [5.41, 5.74) is 1.39. The van der Waals surface area contributed by atoms with Crippen LogP contribution >= 0.6 is 11.3 Å². The number of nitrogens with zero attached hydrogens (tertiary/aromatic N) is 3. The Labute approximate surface area is 136 Å². The quantitative estimate of drug-likeness (QED) is 0.751. The molecule has 2 heterocycles. The van der Waals surface area contributed by atoms with E-state index in [0.717, 1.165) is 5.69 Å². The minimum atomic E-state index is -0.780. The zero-order valence-corrected chi connectivity index (χ0v) is 13.2. The van der Waals surface area contributed by atoms with Crippen molar-refractivity contribution >= 4 is 16.5 Å². The first-order chi connectivity index (χ1) is 11.1. The van der Waals surface area contributed by atoms with E-state index in [1.807, 2.05) is 25.1 Å². The molecule has 0 saturated heterocycles. The molecule has 0 radical (unpaired) electrons. The van der Waals surface area contributed by atoms with Crippen molar-refractivity contribution in [2.45, 2.75) is 19.1 Å². The first-order valence-electron chi connectivity index (χ1n) is 7.08. The smallest absolute Gasteiger partial charge is 0.206 e. The molecule has 0 saturated carbocycles. The summed E-state index contributed by atoms with van der Waals surface area (Å²) in [7, 11) is 0. The summed E-state index contributed by atoms with van der Waals surface area (Å²) in [6.45, 7) is 1.83. The van der Waals surface area contributed by atoms with E-state index in [-0.39, 0.29) is 11.9 Å². The number of aliphatic hydroxyl groups is 1. The van der Waals surface area contributed by atoms with E-state index in [2.05, 4.69) is 20.5 Å². The summed E-state index contributed by atoms with van der Waals surface area (Å²) in [6, 6.07) is 11.1. The van der Waals surface area contributed by atoms with Crippen molar-refractivity contribution in [1.29, 1.82) is 0 Å². The van der Waals surface area contributed by atoms with E-state index in [9.17, 15) is 9.50 Å². The number of aromatic nitrogens is 3. The minimum Gasteiger partial charge on any atom is -0.386 e. The normalized spacial score (nSPS) is 13.5. The van der Waals surface area contributed by atoms with Gasteiger partial charge in [-0.1, -0.05) is 29.5 Å². The number of hydrogen-bond acceptors (Lipinski definition) is 6. The maximum Gasteiger partial charge on any atom is 0.206 e. The fourth-order valence-corrected chi connectivity index (χ4v) is 2.91. The van der Waals surface area contributed by atoms with E-state index in [4.69, 9.17) is 0 Å². The molecule has 2 aromatic heterocycles. The predicted molar refractivity (Wildman–Crippen MR) is 87.6 cm³/mol. The Hall–Kier alpha value is -2.38. The highest BCUT2D eigenvalue weighted by atomic mass is 32.1. The van der Waals surface area contributed by atoms with Gasteiger partial charge in [0.25, 0.3) is 0 Å². The van der Waals surface area contributed by atoms with Crippen LogP contribution in [0.15, 0.2) is 48.7 Å². The third-order valence-electron chi connectivity index (χ3n) is 3.35. The molecule has 0 spiro atoms. The molecule has 7 heteroatoms. The van der Waals surface area contributed by atoms with Crippen LogP contribution in [0.3, 0.4) is 0 Å². The third-order valence-corrected chi connectivity index (χ3v) is 4.22. The third kappa shape index (κ3) is 3.69. The average molecular weight is 330 g/mol. The SMILES string of the molecule is C[C@@H](Nc1nnc(-c2ccccn2)s1)[C@@H](O)c1ccc(F)cc1. The lowest BCUT2D eigenvalue weighted by Crippen LogP contribution is -2.24. The Morgan fingerprint density at radius 1 is 1.13 bits per heavy atom. The van der Waals surface area contributed by atoms with Crippen LogP contribution in [0.25, 0.3) is 10.7 Å². The highest BCUT2D eigenvalue weighted by molar-refractivity contribution is 7.18. The van der Waals surface area contributed by atoms with E-state index >= 15 is 0 Å². The minimum absolute atomic E-state index is 0.301. The molecule has 0 aliphatic carbocycles. The van der Waals surface area contributed by atoms with Crippen molar-refractivity contribution in [2.75, 3.05) is 5.32 Å². The Morgan fingerprint density at radius 2 is 1.91 bits per heavy atom. The van der Waals surface area contributed by atoms with Crippen molar-refractivity contribution in [3.8, 4) is 10.7 Å². The van der Waals surface area contributed by atoms with Gasteiger partial charge in [-0.25, -0.2) is 4.39 Å². The van der Waals surface area contributed by atoms with Gasteiger partial charge >= 0.3 is 0 Å². The lowest BCUT2D eigenvalue weighted by molar-refractivity contribution is 0.160. The molecule has 23 heavy (non-hydrogen) atoms. The molecule has 5 nitrogen and oxygen atoms in total. The highest BCUT2D eigenvalue weighted by Gasteiger charge is 2.18. The largest absolute Gasteiger partial charge is 0.386 e. The van der Waals surface area contributed by atoms with E-state index in [0.29, 0.717) is 15.7 Å². The Balaban J connectivity index is 1.69. The molecule has 0 aliphatic heterocycles. The van der Waals surface area contributed by atoms with Gasteiger partial charge in [-0.15, -0.1) is 10.2 Å². The van der Waals surface area contributed by atoms with Gasteiger partial charge in [0.05, 0.1) is 12.1 Å². The van der Waals surface area contributed by atoms with Gasteiger partial charge in [-0.05, 0) is 36.8 Å². The average Bonchev–Trinajstić information content (AvgIpc) is 3.04. The molecule has 0 fully saturated rings. The summed E-state index contributed by atoms with van der Waals surface area (Å²) in [4.78, 5) is 4.23. The number of anilines is 1. The summed E-state index contributed by atoms with van der Waals surface area (Å²) >= 11 is 1.36. The number of benzene rings is 1. The highest BCUT2D eigenvalue weighted by Crippen LogP contribution is 2.27. The molecule has 2 N–H and O–H groups in total. The van der Waals surface area contributed by atoms with Crippen LogP contribution in [0.5, 0.6) is 0 Å². The first-order valence-corrected chi connectivity index (χ1v) is 7.90. The summed E-state index contributed by atoms with van der Waals surface area (Å²) in [5.74, 6) is -0.328. The van der Waals surface area contributed by atoms with Crippen molar-refractivity contribution in [3.63, 3.8) is 0 Å². The number of rotatable bonds is 5. The van der Waals surface area contributed by atoms with E-state index in [1.54, 1.807) is 18.3 Å². The number of aliphatic hydroxyl groups excluding tert-OH is 1. The number of nitrogens with one attached hydrogen (secondary N) is 1. The Bertz CT molecular complexity index is 763. The summed E-state index contributed by atoms with van der Waals surface area (Å²) in [5, 5.41) is 22.9. The van der Waals surface area contributed by atoms with Crippen LogP contribution in [-0.4, -0.2) is 26.3 Å². The molecule has 3 rings (SSSR count). The number of pyridine rings is 1. The maximum atomic E-state index is 12.9. The topological polar surface area (TPSA) is 70.9 Å². The zero-order valence-electron chi connectivity index (χ0n) is 12.3. The van der Waals surface area contributed by atoms with Crippen molar-refractivity contribution in [3.05, 3.63) is 60.0 Å². The Morgan fingerprint density at radius 3 is 2.61 bits per heavy atom. The molecular formula is C16H15FN4OS. The van der Waals surface area contributed by atoms with Gasteiger partial charge in [0.1, 0.15) is 11.5 Å². The maximum absolute atomic E-state index is 12.9. The van der Waals surface area contributed by atoms with Crippen molar-refractivity contribution in [1.82, 2.24) is 15.2 Å². The monoisotopic (exact) mass is 330 g/mol. The van der Waals surface area contributed by atoms with Crippen LogP contribution < -0.4 is 5.32 Å². The fourth-order valence-electron chi connectivity index (χ4n) is 2.10.